The van der Waals surface area contributed by atoms with Gasteiger partial charge in [-0.05, 0) is 17.7 Å². The first-order valence-electron chi connectivity index (χ1n) is 10.4. The van der Waals surface area contributed by atoms with Crippen molar-refractivity contribution >= 4 is 28.8 Å². The molecule has 0 spiro atoms. The second-order valence-corrected chi connectivity index (χ2v) is 7.33. The lowest BCUT2D eigenvalue weighted by molar-refractivity contribution is -0.120. The molecule has 1 N–H and O–H groups in total. The van der Waals surface area contributed by atoms with E-state index in [0.717, 1.165) is 4.90 Å². The molecule has 0 saturated carbocycles. The fourth-order valence-electron chi connectivity index (χ4n) is 3.73. The van der Waals surface area contributed by atoms with Crippen molar-refractivity contribution in [3.63, 3.8) is 0 Å². The Hall–Kier alpha value is -4.46. The molecule has 8 nitrogen and oxygen atoms in total. The van der Waals surface area contributed by atoms with E-state index in [1.165, 1.54) is 28.4 Å². The predicted molar refractivity (Wildman–Crippen MR) is 129 cm³/mol. The minimum atomic E-state index is -0.519. The summed E-state index contributed by atoms with van der Waals surface area (Å²) in [7, 11) is 6.07. The average molecular weight is 460 g/mol. The Kier molecular flexibility index (Phi) is 6.40. The molecule has 4 rings (SSSR count). The van der Waals surface area contributed by atoms with Crippen molar-refractivity contribution in [2.24, 2.45) is 0 Å². The van der Waals surface area contributed by atoms with Crippen LogP contribution < -0.4 is 29.2 Å². The number of ether oxygens (including phenoxy) is 4. The lowest BCUT2D eigenvalue weighted by Crippen LogP contribution is -2.32. The van der Waals surface area contributed by atoms with Gasteiger partial charge in [-0.15, -0.1) is 0 Å². The van der Waals surface area contributed by atoms with E-state index in [1.54, 1.807) is 48.5 Å². The molecule has 0 fully saturated rings. The number of nitrogens with one attached hydrogen (secondary N) is 1. The van der Waals surface area contributed by atoms with Crippen LogP contribution in [0.4, 0.5) is 11.4 Å². The van der Waals surface area contributed by atoms with E-state index in [-0.39, 0.29) is 11.3 Å². The zero-order valence-electron chi connectivity index (χ0n) is 19.2. The Morgan fingerprint density at radius 3 is 1.91 bits per heavy atom. The van der Waals surface area contributed by atoms with Gasteiger partial charge in [0, 0.05) is 30.0 Å². The molecule has 3 aromatic rings. The van der Waals surface area contributed by atoms with Gasteiger partial charge in [0.25, 0.3) is 11.8 Å². The smallest absolute Gasteiger partial charge is 0.282 e. The maximum absolute atomic E-state index is 13.7. The van der Waals surface area contributed by atoms with Gasteiger partial charge in [0.1, 0.15) is 28.7 Å². The van der Waals surface area contributed by atoms with Gasteiger partial charge in [-0.1, -0.05) is 30.3 Å². The molecule has 0 saturated heterocycles. The Labute approximate surface area is 197 Å². The number of hydrogen-bond acceptors (Lipinski definition) is 7. The fourth-order valence-corrected chi connectivity index (χ4v) is 3.73. The highest BCUT2D eigenvalue weighted by Gasteiger charge is 2.41. The number of benzene rings is 3. The van der Waals surface area contributed by atoms with Crippen LogP contribution >= 0.6 is 0 Å². The van der Waals surface area contributed by atoms with Gasteiger partial charge >= 0.3 is 0 Å². The number of carbonyl (C=O) groups excluding carboxylic acids is 2. The molecule has 0 radical (unpaired) electrons. The summed E-state index contributed by atoms with van der Waals surface area (Å²) < 4.78 is 21.4. The van der Waals surface area contributed by atoms with E-state index in [0.29, 0.717) is 39.9 Å². The SMILES string of the molecule is COc1cc(NC2=C(c3ccccc3)C(=O)N(c3ccc(OC)cc3OC)C2=O)cc(OC)c1. The monoisotopic (exact) mass is 460 g/mol. The van der Waals surface area contributed by atoms with Crippen LogP contribution in [-0.4, -0.2) is 40.3 Å². The highest BCUT2D eigenvalue weighted by atomic mass is 16.5. The second-order valence-electron chi connectivity index (χ2n) is 7.33. The van der Waals surface area contributed by atoms with E-state index in [9.17, 15) is 9.59 Å². The normalized spacial score (nSPS) is 13.2. The van der Waals surface area contributed by atoms with Gasteiger partial charge in [0.2, 0.25) is 0 Å². The number of carbonyl (C=O) groups is 2. The third-order valence-corrected chi connectivity index (χ3v) is 5.39. The van der Waals surface area contributed by atoms with Crippen LogP contribution in [-0.2, 0) is 9.59 Å². The summed E-state index contributed by atoms with van der Waals surface area (Å²) in [5, 5.41) is 3.12. The van der Waals surface area contributed by atoms with Gasteiger partial charge in [-0.2, -0.15) is 0 Å². The molecule has 34 heavy (non-hydrogen) atoms. The molecule has 0 aliphatic carbocycles. The summed E-state index contributed by atoms with van der Waals surface area (Å²) >= 11 is 0. The summed E-state index contributed by atoms with van der Waals surface area (Å²) in [5.74, 6) is 0.949. The van der Waals surface area contributed by atoms with E-state index in [4.69, 9.17) is 18.9 Å². The molecule has 2 amide bonds. The second kappa shape index (κ2) is 9.58. The Morgan fingerprint density at radius 2 is 1.32 bits per heavy atom. The summed E-state index contributed by atoms with van der Waals surface area (Å²) in [4.78, 5) is 28.4. The van der Waals surface area contributed by atoms with Crippen LogP contribution in [0, 0.1) is 0 Å². The van der Waals surface area contributed by atoms with E-state index in [1.807, 2.05) is 18.2 Å². The molecular formula is C26H24N2O6. The van der Waals surface area contributed by atoms with Crippen molar-refractivity contribution in [3.8, 4) is 23.0 Å². The zero-order chi connectivity index (χ0) is 24.2. The molecule has 0 unspecified atom stereocenters. The van der Waals surface area contributed by atoms with Gasteiger partial charge in [0.05, 0.1) is 39.7 Å². The number of amides is 2. The third-order valence-electron chi connectivity index (χ3n) is 5.39. The molecule has 3 aromatic carbocycles. The summed E-state index contributed by atoms with van der Waals surface area (Å²) in [5.41, 5.74) is 1.82. The first-order chi connectivity index (χ1) is 16.5. The van der Waals surface area contributed by atoms with Gasteiger partial charge in [0.15, 0.2) is 0 Å². The first-order valence-corrected chi connectivity index (χ1v) is 10.4. The fraction of sp³-hybridized carbons (Fsp3) is 0.154. The molecule has 1 heterocycles. The number of rotatable bonds is 8. The lowest BCUT2D eigenvalue weighted by Gasteiger charge is -2.19. The quantitative estimate of drug-likeness (QED) is 0.506. The zero-order valence-corrected chi connectivity index (χ0v) is 19.2. The Morgan fingerprint density at radius 1 is 0.676 bits per heavy atom. The van der Waals surface area contributed by atoms with Crippen molar-refractivity contribution in [1.29, 1.82) is 0 Å². The Balaban J connectivity index is 1.83. The van der Waals surface area contributed by atoms with Crippen molar-refractivity contribution in [3.05, 3.63) is 78.0 Å². The molecule has 0 aromatic heterocycles. The van der Waals surface area contributed by atoms with Crippen LogP contribution in [0.5, 0.6) is 23.0 Å². The molecule has 8 heteroatoms. The minimum absolute atomic E-state index is 0.129. The Bertz CT molecular complexity index is 1250. The molecule has 174 valence electrons. The lowest BCUT2D eigenvalue weighted by atomic mass is 10.0. The van der Waals surface area contributed by atoms with Crippen LogP contribution in [0.2, 0.25) is 0 Å². The van der Waals surface area contributed by atoms with Crippen LogP contribution in [0.3, 0.4) is 0 Å². The maximum Gasteiger partial charge on any atom is 0.282 e. The highest BCUT2D eigenvalue weighted by Crippen LogP contribution is 2.40. The highest BCUT2D eigenvalue weighted by molar-refractivity contribution is 6.46. The maximum atomic E-state index is 13.7. The average Bonchev–Trinajstić information content (AvgIpc) is 3.12. The molecule has 0 bridgehead atoms. The van der Waals surface area contributed by atoms with Gasteiger partial charge in [-0.3, -0.25) is 9.59 Å². The van der Waals surface area contributed by atoms with Gasteiger partial charge < -0.3 is 24.3 Å². The third kappa shape index (κ3) is 4.13. The van der Waals surface area contributed by atoms with E-state index in [2.05, 4.69) is 5.32 Å². The van der Waals surface area contributed by atoms with Crippen molar-refractivity contribution < 1.29 is 28.5 Å². The van der Waals surface area contributed by atoms with E-state index < -0.39 is 11.8 Å². The predicted octanol–water partition coefficient (Wildman–Crippen LogP) is 4.12. The first kappa shape index (κ1) is 22.7. The number of imide groups is 1. The largest absolute Gasteiger partial charge is 0.497 e. The topological polar surface area (TPSA) is 86.3 Å². The van der Waals surface area contributed by atoms with Crippen molar-refractivity contribution in [2.45, 2.75) is 0 Å². The standard InChI is InChI=1S/C26H24N2O6/c1-31-18-10-11-21(22(15-18)34-4)28-25(29)23(16-8-6-5-7-9-16)24(26(28)30)27-17-12-19(32-2)14-20(13-17)33-3/h5-15,27H,1-4H3. The van der Waals surface area contributed by atoms with Crippen LogP contribution in [0.15, 0.2) is 72.4 Å². The number of anilines is 2. The summed E-state index contributed by atoms with van der Waals surface area (Å²) in [6.07, 6.45) is 0. The van der Waals surface area contributed by atoms with Gasteiger partial charge in [-0.25, -0.2) is 4.90 Å². The van der Waals surface area contributed by atoms with Crippen molar-refractivity contribution in [1.82, 2.24) is 0 Å². The molecule has 1 aliphatic rings. The minimum Gasteiger partial charge on any atom is -0.497 e. The van der Waals surface area contributed by atoms with E-state index >= 15 is 0 Å². The summed E-state index contributed by atoms with van der Waals surface area (Å²) in [6.45, 7) is 0. The molecular weight excluding hydrogens is 436 g/mol. The van der Waals surface area contributed by atoms with Crippen LogP contribution in [0.1, 0.15) is 5.56 Å². The van der Waals surface area contributed by atoms with Crippen molar-refractivity contribution in [2.75, 3.05) is 38.7 Å². The molecule has 1 aliphatic heterocycles. The summed E-state index contributed by atoms with van der Waals surface area (Å²) in [6, 6.07) is 19.1. The molecule has 0 atom stereocenters. The number of methoxy groups -OCH3 is 4. The van der Waals surface area contributed by atoms with Crippen LogP contribution in [0.25, 0.3) is 5.57 Å². The number of hydrogen-bond donors (Lipinski definition) is 1. The number of nitrogens with zero attached hydrogens (tertiary/aromatic N) is 1.